The Hall–Kier alpha value is -1.97. The second kappa shape index (κ2) is 5.94. The molecule has 0 aliphatic carbocycles. The fourth-order valence-corrected chi connectivity index (χ4v) is 1.52. The van der Waals surface area contributed by atoms with Crippen LogP contribution in [0.1, 0.15) is 20.8 Å². The van der Waals surface area contributed by atoms with E-state index in [0.29, 0.717) is 0 Å². The molecule has 0 unspecified atom stereocenters. The van der Waals surface area contributed by atoms with Crippen LogP contribution in [0.5, 0.6) is 0 Å². The van der Waals surface area contributed by atoms with E-state index in [1.807, 2.05) is 32.0 Å². The minimum Gasteiger partial charge on any atom is -0.298 e. The molecule has 0 aliphatic heterocycles. The van der Waals surface area contributed by atoms with Crippen molar-refractivity contribution in [1.29, 1.82) is 0 Å². The molecule has 4 nitrogen and oxygen atoms in total. The number of nitrogens with zero attached hydrogens (tertiary/aromatic N) is 2. The Kier molecular flexibility index (Phi) is 4.57. The molecule has 1 aromatic carbocycles. The van der Waals surface area contributed by atoms with E-state index in [1.54, 1.807) is 6.07 Å². The summed E-state index contributed by atoms with van der Waals surface area (Å²) in [5.41, 5.74) is 0.358. The maximum Gasteiger partial charge on any atom is 0.348 e. The number of rotatable bonds is 2. The van der Waals surface area contributed by atoms with E-state index in [-0.39, 0.29) is 18.0 Å². The highest BCUT2D eigenvalue weighted by Crippen LogP contribution is 2.09. The van der Waals surface area contributed by atoms with Crippen molar-refractivity contribution >= 4 is 16.7 Å². The quantitative estimate of drug-likeness (QED) is 0.795. The molecule has 90 valence electrons. The number of fused-ring (bicyclic) bond motifs is 1. The van der Waals surface area contributed by atoms with E-state index < -0.39 is 0 Å². The van der Waals surface area contributed by atoms with Crippen LogP contribution in [-0.4, -0.2) is 15.3 Å². The summed E-state index contributed by atoms with van der Waals surface area (Å²) in [6.45, 7) is 5.53. The van der Waals surface area contributed by atoms with Crippen molar-refractivity contribution in [3.05, 3.63) is 40.9 Å². The average Bonchev–Trinajstić information content (AvgIpc) is 2.35. The summed E-state index contributed by atoms with van der Waals surface area (Å²) in [6, 6.07) is 7.37. The molecule has 0 bridgehead atoms. The Balaban J connectivity index is 0.000000686. The molecular weight excluding hydrogens is 216 g/mol. The predicted octanol–water partition coefficient (Wildman–Crippen LogP) is 2.01. The highest BCUT2D eigenvalue weighted by atomic mass is 16.1. The molecule has 0 saturated carbocycles. The van der Waals surface area contributed by atoms with Gasteiger partial charge < -0.3 is 0 Å². The first-order valence-corrected chi connectivity index (χ1v) is 5.62. The molecule has 1 heterocycles. The Morgan fingerprint density at radius 3 is 2.59 bits per heavy atom. The van der Waals surface area contributed by atoms with Crippen LogP contribution in [0.3, 0.4) is 0 Å². The Morgan fingerprint density at radius 2 is 1.94 bits per heavy atom. The zero-order valence-electron chi connectivity index (χ0n) is 10.3. The highest BCUT2D eigenvalue weighted by molar-refractivity contribution is 5.81. The van der Waals surface area contributed by atoms with Crippen LogP contribution in [0.2, 0.25) is 0 Å². The van der Waals surface area contributed by atoms with E-state index in [9.17, 15) is 9.59 Å². The van der Waals surface area contributed by atoms with Crippen LogP contribution in [0.4, 0.5) is 0 Å². The summed E-state index contributed by atoms with van der Waals surface area (Å²) in [5, 5.41) is 0.860. The van der Waals surface area contributed by atoms with Crippen LogP contribution >= 0.6 is 0 Å². The van der Waals surface area contributed by atoms with Gasteiger partial charge in [-0.1, -0.05) is 32.0 Å². The zero-order chi connectivity index (χ0) is 12.8. The lowest BCUT2D eigenvalue weighted by atomic mass is 10.2. The first kappa shape index (κ1) is 13.1. The van der Waals surface area contributed by atoms with Crippen molar-refractivity contribution in [2.75, 3.05) is 0 Å². The maximum absolute atomic E-state index is 11.5. The SMILES string of the molecule is CC.CC(=O)Cn1c(=O)ncc2ccccc21. The zero-order valence-corrected chi connectivity index (χ0v) is 10.3. The topological polar surface area (TPSA) is 52.0 Å². The molecule has 0 saturated heterocycles. The number of hydrogen-bond donors (Lipinski definition) is 0. The van der Waals surface area contributed by atoms with E-state index in [2.05, 4.69) is 4.98 Å². The number of para-hydroxylation sites is 1. The summed E-state index contributed by atoms with van der Waals surface area (Å²) in [5.74, 6) is -0.0600. The summed E-state index contributed by atoms with van der Waals surface area (Å²) in [6.07, 6.45) is 1.52. The second-order valence-corrected chi connectivity index (χ2v) is 3.39. The van der Waals surface area contributed by atoms with Crippen molar-refractivity contribution in [1.82, 2.24) is 9.55 Å². The predicted molar refractivity (Wildman–Crippen MR) is 68.0 cm³/mol. The summed E-state index contributed by atoms with van der Waals surface area (Å²) >= 11 is 0. The Morgan fingerprint density at radius 1 is 1.29 bits per heavy atom. The monoisotopic (exact) mass is 232 g/mol. The first-order valence-electron chi connectivity index (χ1n) is 5.62. The summed E-state index contributed by atoms with van der Waals surface area (Å²) in [7, 11) is 0. The smallest absolute Gasteiger partial charge is 0.298 e. The van der Waals surface area contributed by atoms with Gasteiger partial charge in [-0.3, -0.25) is 9.36 Å². The van der Waals surface area contributed by atoms with Crippen molar-refractivity contribution in [2.45, 2.75) is 27.3 Å². The molecule has 0 atom stereocenters. The minimum atomic E-state index is -0.385. The van der Waals surface area contributed by atoms with Gasteiger partial charge in [0.1, 0.15) is 5.78 Å². The lowest BCUT2D eigenvalue weighted by molar-refractivity contribution is -0.117. The van der Waals surface area contributed by atoms with Gasteiger partial charge in [-0.15, -0.1) is 0 Å². The van der Waals surface area contributed by atoms with Crippen molar-refractivity contribution in [3.63, 3.8) is 0 Å². The highest BCUT2D eigenvalue weighted by Gasteiger charge is 2.04. The van der Waals surface area contributed by atoms with Crippen LogP contribution in [0.25, 0.3) is 10.9 Å². The molecule has 0 N–H and O–H groups in total. The lowest BCUT2D eigenvalue weighted by Gasteiger charge is -2.06. The van der Waals surface area contributed by atoms with Crippen LogP contribution in [0.15, 0.2) is 35.3 Å². The third kappa shape index (κ3) is 3.00. The summed E-state index contributed by atoms with van der Waals surface area (Å²) in [4.78, 5) is 26.2. The molecule has 1 aromatic heterocycles. The average molecular weight is 232 g/mol. The molecule has 0 radical (unpaired) electrons. The number of carbonyl (C=O) groups is 1. The van der Waals surface area contributed by atoms with Crippen LogP contribution < -0.4 is 5.69 Å². The van der Waals surface area contributed by atoms with Gasteiger partial charge in [0.25, 0.3) is 0 Å². The fraction of sp³-hybridized carbons (Fsp3) is 0.308. The minimum absolute atomic E-state index is 0.0600. The Bertz CT molecular complexity index is 573. The molecule has 0 amide bonds. The molecule has 0 aliphatic rings. The standard InChI is InChI=1S/C11H10N2O2.C2H6/c1-8(14)7-13-10-5-3-2-4-9(10)6-12-11(13)15;1-2/h2-6H,7H2,1H3;1-2H3. The van der Waals surface area contributed by atoms with Crippen molar-refractivity contribution in [3.8, 4) is 0 Å². The largest absolute Gasteiger partial charge is 0.348 e. The molecule has 2 rings (SSSR count). The van der Waals surface area contributed by atoms with E-state index in [4.69, 9.17) is 0 Å². The normalized spacial score (nSPS) is 9.59. The number of carbonyl (C=O) groups excluding carboxylic acids is 1. The second-order valence-electron chi connectivity index (χ2n) is 3.39. The van der Waals surface area contributed by atoms with E-state index in [0.717, 1.165) is 10.9 Å². The van der Waals surface area contributed by atoms with Gasteiger partial charge in [-0.2, -0.15) is 0 Å². The number of hydrogen-bond acceptors (Lipinski definition) is 3. The molecule has 4 heteroatoms. The lowest BCUT2D eigenvalue weighted by Crippen LogP contribution is -2.25. The molecule has 17 heavy (non-hydrogen) atoms. The summed E-state index contributed by atoms with van der Waals surface area (Å²) < 4.78 is 1.39. The number of benzene rings is 1. The molecule has 0 spiro atoms. The van der Waals surface area contributed by atoms with Crippen molar-refractivity contribution < 1.29 is 4.79 Å². The Labute approximate surface area is 99.9 Å². The third-order valence-electron chi connectivity index (χ3n) is 2.15. The van der Waals surface area contributed by atoms with Crippen LogP contribution in [-0.2, 0) is 11.3 Å². The van der Waals surface area contributed by atoms with E-state index in [1.165, 1.54) is 17.7 Å². The van der Waals surface area contributed by atoms with E-state index >= 15 is 0 Å². The number of aromatic nitrogens is 2. The van der Waals surface area contributed by atoms with Crippen molar-refractivity contribution in [2.24, 2.45) is 0 Å². The number of Topliss-reactive ketones (excluding diaryl/α,β-unsaturated/α-hetero) is 1. The van der Waals surface area contributed by atoms with Gasteiger partial charge in [0.05, 0.1) is 12.1 Å². The third-order valence-corrected chi connectivity index (χ3v) is 2.15. The van der Waals surface area contributed by atoms with Gasteiger partial charge in [-0.25, -0.2) is 9.78 Å². The first-order chi connectivity index (χ1) is 8.18. The van der Waals surface area contributed by atoms with Gasteiger partial charge >= 0.3 is 5.69 Å². The van der Waals surface area contributed by atoms with Crippen LogP contribution in [0, 0.1) is 0 Å². The van der Waals surface area contributed by atoms with Gasteiger partial charge in [0, 0.05) is 11.6 Å². The fourth-order valence-electron chi connectivity index (χ4n) is 1.52. The van der Waals surface area contributed by atoms with Gasteiger partial charge in [-0.05, 0) is 13.0 Å². The molecule has 0 fully saturated rings. The molecular formula is C13H16N2O2. The maximum atomic E-state index is 11.5. The molecule has 2 aromatic rings. The number of ketones is 1. The van der Waals surface area contributed by atoms with Gasteiger partial charge in [0.15, 0.2) is 0 Å². The van der Waals surface area contributed by atoms with Gasteiger partial charge in [0.2, 0.25) is 0 Å².